The van der Waals surface area contributed by atoms with E-state index in [1.165, 1.54) is 5.57 Å². The molecule has 2 atom stereocenters. The van der Waals surface area contributed by atoms with Gasteiger partial charge in [0, 0.05) is 11.8 Å². The highest BCUT2D eigenvalue weighted by molar-refractivity contribution is 5.44. The minimum atomic E-state index is 0.615. The fourth-order valence-electron chi connectivity index (χ4n) is 2.43. The van der Waals surface area contributed by atoms with Gasteiger partial charge in [-0.15, -0.1) is 0 Å². The van der Waals surface area contributed by atoms with E-state index in [-0.39, 0.29) is 0 Å². The average molecular weight is 168 g/mol. The largest absolute Gasteiger partial charge is 0.0766 e. The van der Waals surface area contributed by atoms with Gasteiger partial charge in [0.05, 0.1) is 0 Å². The quantitative estimate of drug-likeness (QED) is 0.521. The molecule has 13 heavy (non-hydrogen) atoms. The summed E-state index contributed by atoms with van der Waals surface area (Å²) < 4.78 is 0. The predicted molar refractivity (Wildman–Crippen MR) is 55.2 cm³/mol. The van der Waals surface area contributed by atoms with E-state index in [9.17, 15) is 0 Å². The summed E-state index contributed by atoms with van der Waals surface area (Å²) in [7, 11) is 0. The van der Waals surface area contributed by atoms with E-state index in [0.717, 1.165) is 6.42 Å². The molecule has 0 aromatic heterocycles. The maximum absolute atomic E-state index is 2.36. The molecule has 0 N–H and O–H groups in total. The van der Waals surface area contributed by atoms with E-state index in [1.807, 2.05) is 0 Å². The number of hydrogen-bond acceptors (Lipinski definition) is 0. The van der Waals surface area contributed by atoms with Gasteiger partial charge in [-0.1, -0.05) is 54.2 Å². The van der Waals surface area contributed by atoms with Crippen molar-refractivity contribution in [2.45, 2.75) is 6.42 Å². The first kappa shape index (κ1) is 7.14. The van der Waals surface area contributed by atoms with Gasteiger partial charge >= 0.3 is 0 Å². The Hall–Kier alpha value is -1.30. The summed E-state index contributed by atoms with van der Waals surface area (Å²) in [6, 6.07) is 0. The normalized spacial score (nSPS) is 33.8. The van der Waals surface area contributed by atoms with Gasteiger partial charge in [0.25, 0.3) is 0 Å². The molecule has 0 heteroatoms. The van der Waals surface area contributed by atoms with E-state index in [1.54, 1.807) is 5.57 Å². The third-order valence-electron chi connectivity index (χ3n) is 3.12. The maximum atomic E-state index is 2.36. The molecule has 0 saturated carbocycles. The smallest absolute Gasteiger partial charge is 0.0119 e. The number of rotatable bonds is 0. The lowest BCUT2D eigenvalue weighted by molar-refractivity contribution is 0.590. The average Bonchev–Trinajstić information content (AvgIpc) is 2.65. The molecule has 0 saturated heterocycles. The molecular formula is C13H12. The zero-order valence-electron chi connectivity index (χ0n) is 7.48. The molecule has 0 bridgehead atoms. The summed E-state index contributed by atoms with van der Waals surface area (Å²) >= 11 is 0. The number of hydrogen-bond donors (Lipinski definition) is 0. The van der Waals surface area contributed by atoms with Crippen molar-refractivity contribution in [1.82, 2.24) is 0 Å². The molecule has 0 radical (unpaired) electrons. The van der Waals surface area contributed by atoms with E-state index in [0.29, 0.717) is 11.8 Å². The van der Waals surface area contributed by atoms with E-state index in [4.69, 9.17) is 0 Å². The third-order valence-corrected chi connectivity index (χ3v) is 3.12. The van der Waals surface area contributed by atoms with Gasteiger partial charge in [0.1, 0.15) is 0 Å². The van der Waals surface area contributed by atoms with Gasteiger partial charge in [-0.25, -0.2) is 0 Å². The topological polar surface area (TPSA) is 0 Å². The third kappa shape index (κ3) is 0.983. The highest BCUT2D eigenvalue weighted by Gasteiger charge is 2.28. The van der Waals surface area contributed by atoms with E-state index < -0.39 is 0 Å². The Bertz CT molecular complexity index is 375. The van der Waals surface area contributed by atoms with Crippen LogP contribution in [0, 0.1) is 11.8 Å². The second-order valence-corrected chi connectivity index (χ2v) is 3.83. The van der Waals surface area contributed by atoms with E-state index >= 15 is 0 Å². The first-order valence-corrected chi connectivity index (χ1v) is 4.87. The molecular weight excluding hydrogens is 156 g/mol. The number of allylic oxidation sites excluding steroid dienone is 10. The molecule has 0 fully saturated rings. The standard InChI is InChI=1S/C13H12/c1-2-6-12-10(4-1)8-9-11-5-3-7-13(11)12/h1-8,12-13H,9H2. The highest BCUT2D eigenvalue weighted by Crippen LogP contribution is 2.40. The molecule has 0 aromatic rings. The van der Waals surface area contributed by atoms with Crippen molar-refractivity contribution in [2.24, 2.45) is 11.8 Å². The molecule has 3 rings (SSSR count). The van der Waals surface area contributed by atoms with Crippen LogP contribution in [-0.2, 0) is 0 Å². The van der Waals surface area contributed by atoms with Gasteiger partial charge in [-0.05, 0) is 12.0 Å². The van der Waals surface area contributed by atoms with Crippen molar-refractivity contribution < 1.29 is 0 Å². The molecule has 3 aliphatic rings. The zero-order valence-corrected chi connectivity index (χ0v) is 7.48. The van der Waals surface area contributed by atoms with Gasteiger partial charge < -0.3 is 0 Å². The first-order valence-electron chi connectivity index (χ1n) is 4.87. The molecule has 0 aromatic carbocycles. The summed E-state index contributed by atoms with van der Waals surface area (Å²) in [6.45, 7) is 0. The first-order chi connectivity index (χ1) is 6.45. The Morgan fingerprint density at radius 3 is 2.92 bits per heavy atom. The Morgan fingerprint density at radius 1 is 1.00 bits per heavy atom. The molecule has 0 aliphatic heterocycles. The lowest BCUT2D eigenvalue weighted by atomic mass is 9.75. The fourth-order valence-corrected chi connectivity index (χ4v) is 2.43. The van der Waals surface area contributed by atoms with Crippen molar-refractivity contribution >= 4 is 0 Å². The van der Waals surface area contributed by atoms with Gasteiger partial charge in [-0.2, -0.15) is 0 Å². The van der Waals surface area contributed by atoms with Crippen LogP contribution in [-0.4, -0.2) is 0 Å². The van der Waals surface area contributed by atoms with Crippen molar-refractivity contribution in [3.05, 3.63) is 59.8 Å². The molecule has 0 spiro atoms. The molecule has 3 aliphatic carbocycles. The van der Waals surface area contributed by atoms with Gasteiger partial charge in [-0.3, -0.25) is 0 Å². The van der Waals surface area contributed by atoms with Crippen LogP contribution in [0.4, 0.5) is 0 Å². The Labute approximate surface area is 78.7 Å². The van der Waals surface area contributed by atoms with Crippen LogP contribution in [0.15, 0.2) is 59.8 Å². The fraction of sp³-hybridized carbons (Fsp3) is 0.231. The molecule has 64 valence electrons. The van der Waals surface area contributed by atoms with E-state index in [2.05, 4.69) is 48.6 Å². The van der Waals surface area contributed by atoms with Crippen molar-refractivity contribution in [3.8, 4) is 0 Å². The van der Waals surface area contributed by atoms with Crippen LogP contribution in [0.3, 0.4) is 0 Å². The minimum Gasteiger partial charge on any atom is -0.0766 e. The lowest BCUT2D eigenvalue weighted by Crippen LogP contribution is -2.18. The highest BCUT2D eigenvalue weighted by atomic mass is 14.3. The van der Waals surface area contributed by atoms with Crippen LogP contribution >= 0.6 is 0 Å². The van der Waals surface area contributed by atoms with Crippen LogP contribution in [0.25, 0.3) is 0 Å². The summed E-state index contributed by atoms with van der Waals surface area (Å²) in [4.78, 5) is 0. The van der Waals surface area contributed by atoms with Gasteiger partial charge in [0.2, 0.25) is 0 Å². The second kappa shape index (κ2) is 2.59. The van der Waals surface area contributed by atoms with Crippen molar-refractivity contribution in [2.75, 3.05) is 0 Å². The Balaban J connectivity index is 2.06. The second-order valence-electron chi connectivity index (χ2n) is 3.83. The lowest BCUT2D eigenvalue weighted by Gasteiger charge is -2.29. The molecule has 0 nitrogen and oxygen atoms in total. The summed E-state index contributed by atoms with van der Waals surface area (Å²) in [5.41, 5.74) is 3.07. The SMILES string of the molecule is C1=CC2=CCC3=CC=CC3C2C=C1. The predicted octanol–water partition coefficient (Wildman–Crippen LogP) is 3.17. The summed E-state index contributed by atoms with van der Waals surface area (Å²) in [5.74, 6) is 1.27. The Morgan fingerprint density at radius 2 is 1.92 bits per heavy atom. The van der Waals surface area contributed by atoms with Gasteiger partial charge in [0.15, 0.2) is 0 Å². The maximum Gasteiger partial charge on any atom is 0.0119 e. The van der Waals surface area contributed by atoms with Crippen LogP contribution in [0.2, 0.25) is 0 Å². The van der Waals surface area contributed by atoms with Crippen molar-refractivity contribution in [3.63, 3.8) is 0 Å². The summed E-state index contributed by atoms with van der Waals surface area (Å²) in [5, 5.41) is 0. The number of fused-ring (bicyclic) bond motifs is 3. The monoisotopic (exact) mass is 168 g/mol. The molecule has 0 amide bonds. The molecule has 2 unspecified atom stereocenters. The summed E-state index contributed by atoms with van der Waals surface area (Å²) in [6.07, 6.45) is 19.2. The van der Waals surface area contributed by atoms with Crippen LogP contribution < -0.4 is 0 Å². The Kier molecular flexibility index (Phi) is 1.42. The molecule has 0 heterocycles. The van der Waals surface area contributed by atoms with Crippen LogP contribution in [0.1, 0.15) is 6.42 Å². The minimum absolute atomic E-state index is 0.615. The zero-order chi connectivity index (χ0) is 8.67. The van der Waals surface area contributed by atoms with Crippen molar-refractivity contribution in [1.29, 1.82) is 0 Å². The van der Waals surface area contributed by atoms with Crippen LogP contribution in [0.5, 0.6) is 0 Å².